The van der Waals surface area contributed by atoms with Crippen LogP contribution in [0.15, 0.2) is 48.3 Å². The first kappa shape index (κ1) is 19.3. The molecule has 1 rings (SSSR count). The second-order valence-corrected chi connectivity index (χ2v) is 4.90. The number of alkyl halides is 3. The van der Waals surface area contributed by atoms with Crippen molar-refractivity contribution < 1.29 is 27.5 Å². The third-order valence-electron chi connectivity index (χ3n) is 2.73. The Morgan fingerprint density at radius 1 is 1.21 bits per heavy atom. The van der Waals surface area contributed by atoms with E-state index in [4.69, 9.17) is 0 Å². The van der Waals surface area contributed by atoms with Gasteiger partial charge in [0.1, 0.15) is 0 Å². The Hall–Kier alpha value is -2.77. The molecule has 0 spiro atoms. The van der Waals surface area contributed by atoms with E-state index in [2.05, 4.69) is 10.1 Å². The summed E-state index contributed by atoms with van der Waals surface area (Å²) in [7, 11) is 4.53. The van der Waals surface area contributed by atoms with Crippen LogP contribution in [0.1, 0.15) is 10.4 Å². The predicted octanol–water partition coefficient (Wildman–Crippen LogP) is 2.98. The molecule has 24 heavy (non-hydrogen) atoms. The van der Waals surface area contributed by atoms with E-state index in [1.165, 1.54) is 31.5 Å². The summed E-state index contributed by atoms with van der Waals surface area (Å²) < 4.78 is 42.1. The smallest absolute Gasteiger partial charge is 0.454 e. The van der Waals surface area contributed by atoms with Crippen LogP contribution in [0.5, 0.6) is 0 Å². The molecule has 0 heterocycles. The molecule has 0 bridgehead atoms. The number of para-hydroxylation sites is 1. The molecule has 0 saturated carbocycles. The first-order valence-corrected chi connectivity index (χ1v) is 6.77. The quantitative estimate of drug-likeness (QED) is 0.489. The molecule has 0 aliphatic rings. The molecule has 1 aromatic carbocycles. The lowest BCUT2D eigenvalue weighted by Gasteiger charge is -2.13. The Kier molecular flexibility index (Phi) is 6.58. The van der Waals surface area contributed by atoms with Crippen molar-refractivity contribution in [2.24, 2.45) is 0 Å². The van der Waals surface area contributed by atoms with Crippen molar-refractivity contribution in [3.05, 3.63) is 53.9 Å². The fourth-order valence-corrected chi connectivity index (χ4v) is 1.61. The van der Waals surface area contributed by atoms with E-state index in [9.17, 15) is 22.8 Å². The minimum Gasteiger partial charge on any atom is -0.465 e. The maximum Gasteiger partial charge on any atom is 0.454 e. The number of hydrogen-bond acceptors (Lipinski definition) is 5. The van der Waals surface area contributed by atoms with Crippen LogP contribution in [0.3, 0.4) is 0 Å². The van der Waals surface area contributed by atoms with Crippen molar-refractivity contribution in [1.29, 1.82) is 0 Å². The molecule has 0 fully saturated rings. The van der Waals surface area contributed by atoms with E-state index in [-0.39, 0.29) is 16.9 Å². The third kappa shape index (κ3) is 5.79. The second-order valence-electron chi connectivity index (χ2n) is 4.90. The molecule has 0 aliphatic carbocycles. The first-order chi connectivity index (χ1) is 11.1. The monoisotopic (exact) mass is 342 g/mol. The van der Waals surface area contributed by atoms with Gasteiger partial charge in [-0.1, -0.05) is 12.1 Å². The zero-order valence-corrected chi connectivity index (χ0v) is 13.3. The highest BCUT2D eigenvalue weighted by atomic mass is 19.4. The van der Waals surface area contributed by atoms with Crippen LogP contribution in [0.4, 0.5) is 18.9 Å². The molecule has 5 nitrogen and oxygen atoms in total. The number of carbonyl (C=O) groups is 2. The number of esters is 1. The fraction of sp³-hybridized carbons (Fsp3) is 0.250. The minimum atomic E-state index is -4.99. The average molecular weight is 342 g/mol. The van der Waals surface area contributed by atoms with Gasteiger partial charge >= 0.3 is 12.1 Å². The lowest BCUT2D eigenvalue weighted by Crippen LogP contribution is -2.21. The highest BCUT2D eigenvalue weighted by Crippen LogP contribution is 2.21. The van der Waals surface area contributed by atoms with Crippen LogP contribution >= 0.6 is 0 Å². The van der Waals surface area contributed by atoms with E-state index < -0.39 is 17.9 Å². The molecule has 0 amide bonds. The van der Waals surface area contributed by atoms with Crippen LogP contribution in [0.2, 0.25) is 0 Å². The Balaban J connectivity index is 3.22. The number of nitrogens with zero attached hydrogens (tertiary/aromatic N) is 1. The third-order valence-corrected chi connectivity index (χ3v) is 2.73. The maximum absolute atomic E-state index is 12.5. The van der Waals surface area contributed by atoms with Gasteiger partial charge in [-0.15, -0.1) is 0 Å². The number of nitrogens with one attached hydrogen (secondary N) is 1. The van der Waals surface area contributed by atoms with Gasteiger partial charge in [0.05, 0.1) is 18.4 Å². The van der Waals surface area contributed by atoms with Gasteiger partial charge in [-0.3, -0.25) is 4.79 Å². The number of halogens is 3. The maximum atomic E-state index is 12.5. The van der Waals surface area contributed by atoms with E-state index in [0.29, 0.717) is 6.08 Å². The lowest BCUT2D eigenvalue weighted by atomic mass is 10.1. The summed E-state index contributed by atoms with van der Waals surface area (Å²) in [5, 5.41) is 2.65. The lowest BCUT2D eigenvalue weighted by molar-refractivity contribution is -0.165. The van der Waals surface area contributed by atoms with Gasteiger partial charge < -0.3 is 15.0 Å². The largest absolute Gasteiger partial charge is 0.465 e. The summed E-state index contributed by atoms with van der Waals surface area (Å²) in [6.07, 6.45) is -1.81. The summed E-state index contributed by atoms with van der Waals surface area (Å²) in [5.41, 5.74) is 0.222. The number of hydrogen-bond donors (Lipinski definition) is 1. The average Bonchev–Trinajstić information content (AvgIpc) is 2.51. The summed E-state index contributed by atoms with van der Waals surface area (Å²) in [5.74, 6) is -2.67. The number of rotatable bonds is 6. The van der Waals surface area contributed by atoms with Crippen LogP contribution in [0, 0.1) is 0 Å². The van der Waals surface area contributed by atoms with E-state index >= 15 is 0 Å². The van der Waals surface area contributed by atoms with E-state index in [1.807, 2.05) is 0 Å². The molecule has 1 N–H and O–H groups in total. The minimum absolute atomic E-state index is 0.123. The van der Waals surface area contributed by atoms with Crippen molar-refractivity contribution in [1.82, 2.24) is 4.90 Å². The van der Waals surface area contributed by atoms with Crippen molar-refractivity contribution in [2.45, 2.75) is 6.18 Å². The molecule has 0 aliphatic heterocycles. The van der Waals surface area contributed by atoms with Gasteiger partial charge in [-0.25, -0.2) is 4.79 Å². The van der Waals surface area contributed by atoms with Gasteiger partial charge in [-0.05, 0) is 18.2 Å². The number of benzene rings is 1. The fourth-order valence-electron chi connectivity index (χ4n) is 1.61. The number of anilines is 1. The van der Waals surface area contributed by atoms with Crippen LogP contribution in [0.25, 0.3) is 0 Å². The Morgan fingerprint density at radius 3 is 2.38 bits per heavy atom. The van der Waals surface area contributed by atoms with Crippen molar-refractivity contribution in [2.75, 3.05) is 26.5 Å². The summed E-state index contributed by atoms with van der Waals surface area (Å²) in [4.78, 5) is 24.5. The Morgan fingerprint density at radius 2 is 1.83 bits per heavy atom. The molecular formula is C16H17F3N2O3. The summed E-state index contributed by atoms with van der Waals surface area (Å²) >= 11 is 0. The molecule has 0 saturated heterocycles. The van der Waals surface area contributed by atoms with Crippen LogP contribution in [-0.4, -0.2) is 44.0 Å². The molecule has 8 heteroatoms. The van der Waals surface area contributed by atoms with Gasteiger partial charge in [-0.2, -0.15) is 13.2 Å². The molecule has 0 aromatic heterocycles. The molecule has 0 unspecified atom stereocenters. The van der Waals surface area contributed by atoms with Gasteiger partial charge in [0.15, 0.2) is 0 Å². The number of carbonyl (C=O) groups excluding carboxylic acids is 2. The number of ketones is 1. The van der Waals surface area contributed by atoms with E-state index in [0.717, 1.165) is 0 Å². The molecule has 0 atom stereocenters. The SMILES string of the molecule is COC(=O)c1ccccc1NC(=C\C(=O)C(F)(F)F)/C=C/N(C)C. The van der Waals surface area contributed by atoms with Crippen LogP contribution < -0.4 is 5.32 Å². The normalized spacial score (nSPS) is 12.2. The molecule has 1 aromatic rings. The zero-order valence-electron chi connectivity index (χ0n) is 13.3. The standard InChI is InChI=1S/C16H17F3N2O3/c1-21(2)9-8-11(10-14(22)16(17,18)19)20-13-7-5-4-6-12(13)15(23)24-3/h4-10,20H,1-3H3/b9-8+,11-10-. The van der Waals surface area contributed by atoms with Gasteiger partial charge in [0.2, 0.25) is 0 Å². The van der Waals surface area contributed by atoms with Gasteiger partial charge in [0, 0.05) is 32.1 Å². The second kappa shape index (κ2) is 8.19. The van der Waals surface area contributed by atoms with Crippen molar-refractivity contribution in [3.8, 4) is 0 Å². The number of ether oxygens (including phenoxy) is 1. The number of methoxy groups -OCH3 is 1. The van der Waals surface area contributed by atoms with Crippen molar-refractivity contribution >= 4 is 17.4 Å². The Labute approximate surface area is 137 Å². The van der Waals surface area contributed by atoms with Crippen LogP contribution in [-0.2, 0) is 9.53 Å². The summed E-state index contributed by atoms with van der Waals surface area (Å²) in [6, 6.07) is 6.11. The first-order valence-electron chi connectivity index (χ1n) is 6.77. The topological polar surface area (TPSA) is 58.6 Å². The Bertz CT molecular complexity index is 665. The number of allylic oxidation sites excluding steroid dienone is 2. The highest BCUT2D eigenvalue weighted by Gasteiger charge is 2.36. The molecular weight excluding hydrogens is 325 g/mol. The van der Waals surface area contributed by atoms with E-state index in [1.54, 1.807) is 31.1 Å². The van der Waals surface area contributed by atoms with Crippen molar-refractivity contribution in [3.63, 3.8) is 0 Å². The van der Waals surface area contributed by atoms with Gasteiger partial charge in [0.25, 0.3) is 5.78 Å². The summed E-state index contributed by atoms with van der Waals surface area (Å²) in [6.45, 7) is 0. The zero-order chi connectivity index (χ0) is 18.3. The molecule has 130 valence electrons. The highest BCUT2D eigenvalue weighted by molar-refractivity contribution is 5.98. The predicted molar refractivity (Wildman–Crippen MR) is 83.4 cm³/mol. The molecule has 0 radical (unpaired) electrons.